The number of para-hydroxylation sites is 1. The Morgan fingerprint density at radius 1 is 1.16 bits per heavy atom. The lowest BCUT2D eigenvalue weighted by Gasteiger charge is -2.23. The fourth-order valence-electron chi connectivity index (χ4n) is 3.14. The number of amides is 1. The van der Waals surface area contributed by atoms with Gasteiger partial charge in [0.2, 0.25) is 5.91 Å². The lowest BCUT2D eigenvalue weighted by atomic mass is 10.1. The van der Waals surface area contributed by atoms with Gasteiger partial charge in [-0.1, -0.05) is 18.2 Å². The molecule has 1 aliphatic heterocycles. The highest BCUT2D eigenvalue weighted by molar-refractivity contribution is 5.97. The monoisotopic (exact) mass is 340 g/mol. The summed E-state index contributed by atoms with van der Waals surface area (Å²) < 4.78 is 10.8. The van der Waals surface area contributed by atoms with Crippen molar-refractivity contribution in [1.82, 2.24) is 5.32 Å². The molecular formula is C20H24N2O3. The number of fused-ring (bicyclic) bond motifs is 1. The van der Waals surface area contributed by atoms with Crippen LogP contribution in [0.2, 0.25) is 0 Å². The fourth-order valence-corrected chi connectivity index (χ4v) is 3.14. The van der Waals surface area contributed by atoms with Crippen molar-refractivity contribution in [2.75, 3.05) is 31.7 Å². The van der Waals surface area contributed by atoms with Gasteiger partial charge in [0.1, 0.15) is 18.1 Å². The summed E-state index contributed by atoms with van der Waals surface area (Å²) in [5, 5.41) is 3.17. The first-order valence-electron chi connectivity index (χ1n) is 8.56. The number of ether oxygens (including phenoxy) is 2. The van der Waals surface area contributed by atoms with Gasteiger partial charge >= 0.3 is 0 Å². The second kappa shape index (κ2) is 8.03. The molecule has 0 saturated heterocycles. The molecule has 132 valence electrons. The molecule has 1 aliphatic rings. The van der Waals surface area contributed by atoms with Crippen LogP contribution in [-0.2, 0) is 11.2 Å². The highest BCUT2D eigenvalue weighted by Gasteiger charge is 2.29. The predicted octanol–water partition coefficient (Wildman–Crippen LogP) is 2.64. The van der Waals surface area contributed by atoms with Crippen molar-refractivity contribution in [2.45, 2.75) is 19.4 Å². The molecule has 1 heterocycles. The van der Waals surface area contributed by atoms with Crippen molar-refractivity contribution in [1.29, 1.82) is 0 Å². The van der Waals surface area contributed by atoms with Gasteiger partial charge in [-0.2, -0.15) is 0 Å². The van der Waals surface area contributed by atoms with Crippen molar-refractivity contribution >= 4 is 11.6 Å². The zero-order valence-corrected chi connectivity index (χ0v) is 14.7. The van der Waals surface area contributed by atoms with Crippen molar-refractivity contribution in [3.8, 4) is 11.5 Å². The van der Waals surface area contributed by atoms with Gasteiger partial charge in [0, 0.05) is 18.3 Å². The Morgan fingerprint density at radius 2 is 1.88 bits per heavy atom. The van der Waals surface area contributed by atoms with Crippen LogP contribution < -0.4 is 19.7 Å². The van der Waals surface area contributed by atoms with Crippen LogP contribution in [0.5, 0.6) is 11.5 Å². The topological polar surface area (TPSA) is 50.8 Å². The molecule has 2 aromatic carbocycles. The second-order valence-electron chi connectivity index (χ2n) is 6.15. The van der Waals surface area contributed by atoms with Gasteiger partial charge in [0.25, 0.3) is 0 Å². The number of hydrogen-bond acceptors (Lipinski definition) is 4. The molecule has 1 N–H and O–H groups in total. The highest BCUT2D eigenvalue weighted by Crippen LogP contribution is 2.31. The van der Waals surface area contributed by atoms with E-state index in [0.717, 1.165) is 23.6 Å². The molecule has 1 atom stereocenters. The number of hydrogen-bond donors (Lipinski definition) is 1. The highest BCUT2D eigenvalue weighted by atomic mass is 16.5. The van der Waals surface area contributed by atoms with E-state index in [9.17, 15) is 4.79 Å². The number of nitrogens with zero attached hydrogens (tertiary/aromatic N) is 1. The quantitative estimate of drug-likeness (QED) is 0.787. The Kier molecular flexibility index (Phi) is 5.56. The second-order valence-corrected chi connectivity index (χ2v) is 6.15. The van der Waals surface area contributed by atoms with E-state index < -0.39 is 0 Å². The van der Waals surface area contributed by atoms with E-state index in [2.05, 4.69) is 18.3 Å². The summed E-state index contributed by atoms with van der Waals surface area (Å²) in [6.07, 6.45) is 0.919. The fraction of sp³-hybridized carbons (Fsp3) is 0.350. The summed E-state index contributed by atoms with van der Waals surface area (Å²) in [6, 6.07) is 15.8. The summed E-state index contributed by atoms with van der Waals surface area (Å²) in [4.78, 5) is 14.4. The number of carbonyl (C=O) groups excluding carboxylic acids is 1. The van der Waals surface area contributed by atoms with Crippen LogP contribution in [0.3, 0.4) is 0 Å². The minimum atomic E-state index is 0.0990. The molecule has 0 radical (unpaired) electrons. The van der Waals surface area contributed by atoms with Gasteiger partial charge in [0.15, 0.2) is 0 Å². The molecule has 1 amide bonds. The smallest absolute Gasteiger partial charge is 0.241 e. The summed E-state index contributed by atoms with van der Waals surface area (Å²) >= 11 is 0. The maximum absolute atomic E-state index is 12.5. The van der Waals surface area contributed by atoms with Crippen molar-refractivity contribution in [3.05, 3.63) is 54.1 Å². The molecule has 2 aromatic rings. The minimum absolute atomic E-state index is 0.0990. The van der Waals surface area contributed by atoms with E-state index in [-0.39, 0.29) is 11.9 Å². The summed E-state index contributed by atoms with van der Waals surface area (Å²) in [5.74, 6) is 1.69. The lowest BCUT2D eigenvalue weighted by molar-refractivity contribution is -0.118. The molecule has 0 spiro atoms. The normalized spacial score (nSPS) is 15.8. The van der Waals surface area contributed by atoms with Gasteiger partial charge in [-0.25, -0.2) is 0 Å². The standard InChI is InChI=1S/C20H24N2O3/c1-15-13-16-5-3-4-6-19(16)22(15)20(23)14-21-11-12-25-18-9-7-17(24-2)8-10-18/h3-10,15,21H,11-14H2,1-2H3. The Bertz CT molecular complexity index is 715. The van der Waals surface area contributed by atoms with Crippen LogP contribution in [0.15, 0.2) is 48.5 Å². The van der Waals surface area contributed by atoms with Crippen LogP contribution >= 0.6 is 0 Å². The third-order valence-electron chi connectivity index (χ3n) is 4.36. The number of anilines is 1. The number of carbonyl (C=O) groups is 1. The molecule has 3 rings (SSSR count). The average molecular weight is 340 g/mol. The number of methoxy groups -OCH3 is 1. The molecule has 0 aromatic heterocycles. The molecule has 25 heavy (non-hydrogen) atoms. The Hall–Kier alpha value is -2.53. The zero-order valence-electron chi connectivity index (χ0n) is 14.7. The number of nitrogens with one attached hydrogen (secondary N) is 1. The Labute approximate surface area is 148 Å². The minimum Gasteiger partial charge on any atom is -0.497 e. The third-order valence-corrected chi connectivity index (χ3v) is 4.36. The van der Waals surface area contributed by atoms with Crippen LogP contribution in [0.4, 0.5) is 5.69 Å². The molecule has 1 unspecified atom stereocenters. The largest absolute Gasteiger partial charge is 0.497 e. The number of rotatable bonds is 7. The van der Waals surface area contributed by atoms with Crippen LogP contribution in [0.1, 0.15) is 12.5 Å². The molecule has 0 fully saturated rings. The van der Waals surface area contributed by atoms with Crippen molar-refractivity contribution in [3.63, 3.8) is 0 Å². The lowest BCUT2D eigenvalue weighted by Crippen LogP contribution is -2.42. The maximum atomic E-state index is 12.5. The third kappa shape index (κ3) is 4.12. The zero-order chi connectivity index (χ0) is 17.6. The molecule has 0 saturated carbocycles. The van der Waals surface area contributed by atoms with Gasteiger partial charge in [-0.15, -0.1) is 0 Å². The van der Waals surface area contributed by atoms with E-state index in [1.807, 2.05) is 47.4 Å². The van der Waals surface area contributed by atoms with E-state index in [4.69, 9.17) is 9.47 Å². The van der Waals surface area contributed by atoms with E-state index >= 15 is 0 Å². The molecule has 5 heteroatoms. The van der Waals surface area contributed by atoms with E-state index in [1.165, 1.54) is 5.56 Å². The van der Waals surface area contributed by atoms with E-state index in [1.54, 1.807) is 7.11 Å². The summed E-state index contributed by atoms with van der Waals surface area (Å²) in [7, 11) is 1.64. The summed E-state index contributed by atoms with van der Waals surface area (Å²) in [5.41, 5.74) is 2.28. The Morgan fingerprint density at radius 3 is 2.64 bits per heavy atom. The Balaban J connectivity index is 1.42. The molecule has 0 aliphatic carbocycles. The van der Waals surface area contributed by atoms with E-state index in [0.29, 0.717) is 19.7 Å². The SMILES string of the molecule is COc1ccc(OCCNCC(=O)N2c3ccccc3CC2C)cc1. The number of benzene rings is 2. The molecule has 0 bridgehead atoms. The van der Waals surface area contributed by atoms with Crippen molar-refractivity contribution < 1.29 is 14.3 Å². The van der Waals surface area contributed by atoms with Crippen LogP contribution in [-0.4, -0.2) is 38.8 Å². The van der Waals surface area contributed by atoms with Gasteiger partial charge < -0.3 is 19.7 Å². The van der Waals surface area contributed by atoms with Gasteiger partial charge in [-0.3, -0.25) is 4.79 Å². The molecular weight excluding hydrogens is 316 g/mol. The first-order valence-corrected chi connectivity index (χ1v) is 8.56. The average Bonchev–Trinajstić information content (AvgIpc) is 2.97. The predicted molar refractivity (Wildman–Crippen MR) is 98.5 cm³/mol. The molecule has 5 nitrogen and oxygen atoms in total. The summed E-state index contributed by atoms with van der Waals surface area (Å²) in [6.45, 7) is 3.52. The first-order chi connectivity index (χ1) is 12.2. The van der Waals surface area contributed by atoms with Gasteiger partial charge in [0.05, 0.1) is 13.7 Å². The van der Waals surface area contributed by atoms with Crippen molar-refractivity contribution in [2.24, 2.45) is 0 Å². The van der Waals surface area contributed by atoms with Crippen LogP contribution in [0.25, 0.3) is 0 Å². The van der Waals surface area contributed by atoms with Crippen LogP contribution in [0, 0.1) is 0 Å². The first kappa shape index (κ1) is 17.3. The van der Waals surface area contributed by atoms with Gasteiger partial charge in [-0.05, 0) is 49.2 Å². The maximum Gasteiger partial charge on any atom is 0.241 e.